The van der Waals surface area contributed by atoms with E-state index < -0.39 is 12.1 Å². The molecule has 0 aromatic rings. The number of amides is 1. The minimum atomic E-state index is -0.661. The summed E-state index contributed by atoms with van der Waals surface area (Å²) < 4.78 is 5.52. The first-order valence-electron chi connectivity index (χ1n) is 40.6. The van der Waals surface area contributed by atoms with E-state index in [1.165, 1.54) is 392 Å². The van der Waals surface area contributed by atoms with Gasteiger partial charge >= 0.3 is 5.97 Å². The molecule has 0 aromatic heterocycles. The summed E-state index contributed by atoms with van der Waals surface area (Å²) in [6.07, 6.45) is 100. The third-order valence-corrected chi connectivity index (χ3v) is 19.2. The summed E-state index contributed by atoms with van der Waals surface area (Å²) in [5.41, 5.74) is 0. The van der Waals surface area contributed by atoms with Crippen molar-refractivity contribution in [3.63, 3.8) is 0 Å². The Labute approximate surface area is 551 Å². The lowest BCUT2D eigenvalue weighted by Gasteiger charge is -2.22. The number of aliphatic hydroxyl groups excluding tert-OH is 2. The number of hydrogen-bond donors (Lipinski definition) is 3. The summed E-state index contributed by atoms with van der Waals surface area (Å²) in [6.45, 7) is 5.00. The zero-order chi connectivity index (χ0) is 63.5. The van der Waals surface area contributed by atoms with E-state index >= 15 is 0 Å². The first kappa shape index (κ1) is 86.3. The van der Waals surface area contributed by atoms with E-state index in [0.717, 1.165) is 38.5 Å². The molecule has 0 radical (unpaired) electrons. The third-order valence-electron chi connectivity index (χ3n) is 19.2. The Kier molecular flexibility index (Phi) is 76.3. The van der Waals surface area contributed by atoms with Gasteiger partial charge in [0.25, 0.3) is 0 Å². The van der Waals surface area contributed by atoms with Gasteiger partial charge in [0.15, 0.2) is 0 Å². The molecule has 0 bridgehead atoms. The van der Waals surface area contributed by atoms with Crippen LogP contribution in [0.15, 0.2) is 24.3 Å². The number of rotatable bonds is 77. The molecule has 0 heterocycles. The fourth-order valence-electron chi connectivity index (χ4n) is 13.0. The molecule has 1 amide bonds. The topological polar surface area (TPSA) is 95.9 Å². The third kappa shape index (κ3) is 73.4. The van der Waals surface area contributed by atoms with Crippen molar-refractivity contribution >= 4 is 11.9 Å². The van der Waals surface area contributed by atoms with Crippen LogP contribution in [0.5, 0.6) is 0 Å². The zero-order valence-corrected chi connectivity index (χ0v) is 60.0. The standard InChI is InChI=1S/C82H159NO5/c1-3-5-7-9-11-13-15-17-19-20-40-44-48-52-56-60-64-68-72-76-82(87)88-77-73-69-65-61-57-53-49-45-42-39-37-35-33-31-29-27-25-23-21-22-24-26-28-30-32-34-36-38-41-43-47-51-55-59-63-67-71-75-81(86)83-79(78-84)80(85)74-70-66-62-58-54-50-46-18-16-14-12-10-8-6-4-2/h17,19,21,23,79-80,84-85H,3-16,18,20,22,24-78H2,1-2H3,(H,83,86)/b19-17-,23-21-. The predicted octanol–water partition coefficient (Wildman–Crippen LogP) is 26.8. The molecule has 2 atom stereocenters. The zero-order valence-electron chi connectivity index (χ0n) is 60.0. The van der Waals surface area contributed by atoms with E-state index in [4.69, 9.17) is 4.74 Å². The summed E-state index contributed by atoms with van der Waals surface area (Å²) >= 11 is 0. The van der Waals surface area contributed by atoms with Crippen LogP contribution in [0.4, 0.5) is 0 Å². The Hall–Kier alpha value is -1.66. The van der Waals surface area contributed by atoms with Crippen molar-refractivity contribution in [1.29, 1.82) is 0 Å². The second kappa shape index (κ2) is 77.8. The van der Waals surface area contributed by atoms with Crippen molar-refractivity contribution < 1.29 is 24.5 Å². The van der Waals surface area contributed by atoms with Crippen LogP contribution in [0, 0.1) is 0 Å². The van der Waals surface area contributed by atoms with Crippen molar-refractivity contribution in [2.75, 3.05) is 13.2 Å². The van der Waals surface area contributed by atoms with Crippen LogP contribution in [0.3, 0.4) is 0 Å². The summed E-state index contributed by atoms with van der Waals surface area (Å²) in [7, 11) is 0. The van der Waals surface area contributed by atoms with Gasteiger partial charge in [-0.2, -0.15) is 0 Å². The Morgan fingerprint density at radius 2 is 0.534 bits per heavy atom. The van der Waals surface area contributed by atoms with E-state index in [2.05, 4.69) is 43.5 Å². The first-order valence-corrected chi connectivity index (χ1v) is 40.6. The fraction of sp³-hybridized carbons (Fsp3) is 0.927. The van der Waals surface area contributed by atoms with Gasteiger partial charge in [0.1, 0.15) is 0 Å². The van der Waals surface area contributed by atoms with Crippen molar-refractivity contribution in [2.45, 2.75) is 475 Å². The highest BCUT2D eigenvalue weighted by Crippen LogP contribution is 2.20. The van der Waals surface area contributed by atoms with E-state index in [1.807, 2.05) is 0 Å². The van der Waals surface area contributed by atoms with Crippen molar-refractivity contribution in [3.05, 3.63) is 24.3 Å². The normalized spacial score (nSPS) is 12.5. The molecule has 0 aliphatic carbocycles. The lowest BCUT2D eigenvalue weighted by Crippen LogP contribution is -2.45. The molecule has 0 saturated carbocycles. The van der Waals surface area contributed by atoms with Crippen molar-refractivity contribution in [3.8, 4) is 0 Å². The Bertz CT molecular complexity index is 1380. The predicted molar refractivity (Wildman–Crippen MR) is 389 cm³/mol. The quantitative estimate of drug-likeness (QED) is 0.0320. The van der Waals surface area contributed by atoms with Gasteiger partial charge < -0.3 is 20.3 Å². The molecule has 0 aromatic carbocycles. The molecule has 0 fully saturated rings. The fourth-order valence-corrected chi connectivity index (χ4v) is 13.0. The van der Waals surface area contributed by atoms with Crippen LogP contribution >= 0.6 is 0 Å². The highest BCUT2D eigenvalue weighted by Gasteiger charge is 2.20. The minimum Gasteiger partial charge on any atom is -0.466 e. The Balaban J connectivity index is 3.31. The van der Waals surface area contributed by atoms with Crippen molar-refractivity contribution in [1.82, 2.24) is 5.32 Å². The first-order chi connectivity index (χ1) is 43.5. The minimum absolute atomic E-state index is 0.0220. The second-order valence-electron chi connectivity index (χ2n) is 28.1. The average Bonchev–Trinajstić information content (AvgIpc) is 3.59. The maximum Gasteiger partial charge on any atom is 0.305 e. The van der Waals surface area contributed by atoms with Gasteiger partial charge in [-0.3, -0.25) is 9.59 Å². The van der Waals surface area contributed by atoms with Crippen molar-refractivity contribution in [2.24, 2.45) is 0 Å². The van der Waals surface area contributed by atoms with Crippen LogP contribution < -0.4 is 5.32 Å². The molecule has 0 rings (SSSR count). The number of esters is 1. The molecular formula is C82H159NO5. The largest absolute Gasteiger partial charge is 0.466 e. The summed E-state index contributed by atoms with van der Waals surface area (Å²) in [4.78, 5) is 24.7. The smallest absolute Gasteiger partial charge is 0.305 e. The highest BCUT2D eigenvalue weighted by atomic mass is 16.5. The van der Waals surface area contributed by atoms with E-state index in [-0.39, 0.29) is 18.5 Å². The molecule has 0 saturated heterocycles. The number of allylic oxidation sites excluding steroid dienone is 4. The SMILES string of the molecule is CCCCCCCC/C=C\CCCCCCCCCCCC(=O)OCCCCCCCCCCCCCCCCCC/C=C\CCCCCCCCCCCCCCCCCCCC(=O)NC(CO)C(O)CCCCCCCCCCCCCCCCC. The number of aliphatic hydroxyl groups is 2. The molecule has 0 spiro atoms. The molecule has 6 heteroatoms. The number of hydrogen-bond acceptors (Lipinski definition) is 5. The average molecular weight is 1240 g/mol. The second-order valence-corrected chi connectivity index (χ2v) is 28.1. The van der Waals surface area contributed by atoms with Crippen LogP contribution in [-0.4, -0.2) is 47.4 Å². The van der Waals surface area contributed by atoms with Crippen LogP contribution in [0.1, 0.15) is 463 Å². The maximum atomic E-state index is 12.5. The Morgan fingerprint density at radius 1 is 0.307 bits per heavy atom. The number of carbonyl (C=O) groups excluding carboxylic acids is 2. The maximum absolute atomic E-state index is 12.5. The van der Waals surface area contributed by atoms with Gasteiger partial charge in [0, 0.05) is 12.8 Å². The van der Waals surface area contributed by atoms with Crippen LogP contribution in [0.2, 0.25) is 0 Å². The Morgan fingerprint density at radius 3 is 0.807 bits per heavy atom. The molecule has 522 valence electrons. The lowest BCUT2D eigenvalue weighted by atomic mass is 10.0. The summed E-state index contributed by atoms with van der Waals surface area (Å²) in [6, 6.07) is -0.538. The van der Waals surface area contributed by atoms with Gasteiger partial charge in [-0.25, -0.2) is 0 Å². The molecule has 0 aliphatic rings. The molecule has 6 nitrogen and oxygen atoms in total. The molecule has 3 N–H and O–H groups in total. The number of carbonyl (C=O) groups is 2. The molecule has 2 unspecified atom stereocenters. The molecule has 0 aliphatic heterocycles. The van der Waals surface area contributed by atoms with Crippen LogP contribution in [-0.2, 0) is 14.3 Å². The van der Waals surface area contributed by atoms with E-state index in [1.54, 1.807) is 0 Å². The number of nitrogens with one attached hydrogen (secondary N) is 1. The number of unbranched alkanes of at least 4 members (excludes halogenated alkanes) is 62. The van der Waals surface area contributed by atoms with Gasteiger partial charge in [-0.15, -0.1) is 0 Å². The number of ether oxygens (including phenoxy) is 1. The summed E-state index contributed by atoms with van der Waals surface area (Å²) in [5.74, 6) is -0.00528. The van der Waals surface area contributed by atoms with Gasteiger partial charge in [-0.1, -0.05) is 398 Å². The lowest BCUT2D eigenvalue weighted by molar-refractivity contribution is -0.143. The van der Waals surface area contributed by atoms with Gasteiger partial charge in [0.05, 0.1) is 25.4 Å². The molecular weight excluding hydrogens is 1080 g/mol. The van der Waals surface area contributed by atoms with Crippen LogP contribution in [0.25, 0.3) is 0 Å². The van der Waals surface area contributed by atoms with E-state index in [0.29, 0.717) is 25.9 Å². The monoisotopic (exact) mass is 1240 g/mol. The highest BCUT2D eigenvalue weighted by molar-refractivity contribution is 5.76. The summed E-state index contributed by atoms with van der Waals surface area (Å²) in [5, 5.41) is 23.4. The van der Waals surface area contributed by atoms with Gasteiger partial charge in [-0.05, 0) is 77.0 Å². The molecule has 88 heavy (non-hydrogen) atoms. The van der Waals surface area contributed by atoms with E-state index in [9.17, 15) is 19.8 Å². The van der Waals surface area contributed by atoms with Gasteiger partial charge in [0.2, 0.25) is 5.91 Å².